The van der Waals surface area contributed by atoms with Crippen LogP contribution in [-0.2, 0) is 9.53 Å². The van der Waals surface area contributed by atoms with Crippen LogP contribution < -0.4 is 5.32 Å². The van der Waals surface area contributed by atoms with Gasteiger partial charge in [-0.25, -0.2) is 9.97 Å². The van der Waals surface area contributed by atoms with E-state index in [4.69, 9.17) is 0 Å². The molecule has 0 bridgehead atoms. The Kier molecular flexibility index (Phi) is 4.39. The lowest BCUT2D eigenvalue weighted by Gasteiger charge is -2.05. The van der Waals surface area contributed by atoms with Gasteiger partial charge in [-0.15, -0.1) is 0 Å². The van der Waals surface area contributed by atoms with Gasteiger partial charge in [0.25, 0.3) is 0 Å². The first-order valence-corrected chi connectivity index (χ1v) is 5.82. The summed E-state index contributed by atoms with van der Waals surface area (Å²) in [5.74, 6) is 0.225. The van der Waals surface area contributed by atoms with E-state index in [0.29, 0.717) is 12.5 Å². The summed E-state index contributed by atoms with van der Waals surface area (Å²) < 4.78 is 4.54. The molecule has 6 heteroatoms. The first-order chi connectivity index (χ1) is 9.29. The number of esters is 1. The molecule has 0 aliphatic carbocycles. The van der Waals surface area contributed by atoms with Crippen LogP contribution in [0, 0.1) is 0 Å². The van der Waals surface area contributed by atoms with Gasteiger partial charge in [0.05, 0.1) is 13.5 Å². The van der Waals surface area contributed by atoms with Gasteiger partial charge in [-0.2, -0.15) is 0 Å². The number of carbonyl (C=O) groups excluding carboxylic acids is 1. The summed E-state index contributed by atoms with van der Waals surface area (Å²) in [7, 11) is 1.36. The lowest BCUT2D eigenvalue weighted by atomic mass is 10.1. The summed E-state index contributed by atoms with van der Waals surface area (Å²) in [5, 5.41) is 2.95. The number of rotatable bonds is 5. The Balaban J connectivity index is 1.94. The minimum absolute atomic E-state index is 0.263. The first-order valence-electron chi connectivity index (χ1n) is 5.82. The molecule has 2 aromatic rings. The predicted molar refractivity (Wildman–Crippen MR) is 70.4 cm³/mol. The van der Waals surface area contributed by atoms with Crippen LogP contribution in [0.5, 0.6) is 0 Å². The third kappa shape index (κ3) is 3.74. The molecule has 0 aliphatic rings. The number of nitrogens with zero attached hydrogens (tertiary/aromatic N) is 3. The minimum atomic E-state index is -0.263. The number of hydrogen-bond acceptors (Lipinski definition) is 6. The topological polar surface area (TPSA) is 77.0 Å². The van der Waals surface area contributed by atoms with E-state index in [9.17, 15) is 4.79 Å². The van der Waals surface area contributed by atoms with Gasteiger partial charge in [-0.1, -0.05) is 0 Å². The highest BCUT2D eigenvalue weighted by molar-refractivity contribution is 5.69. The Morgan fingerprint density at radius 2 is 1.89 bits per heavy atom. The minimum Gasteiger partial charge on any atom is -0.469 e. The summed E-state index contributed by atoms with van der Waals surface area (Å²) in [6.07, 6.45) is 7.17. The average Bonchev–Trinajstić information content (AvgIpc) is 2.48. The number of carbonyl (C=O) groups is 1. The number of hydrogen-bond donors (Lipinski definition) is 1. The van der Waals surface area contributed by atoms with E-state index in [1.807, 2.05) is 12.1 Å². The molecular formula is C13H14N4O2. The van der Waals surface area contributed by atoms with Crippen molar-refractivity contribution in [3.8, 4) is 11.1 Å². The highest BCUT2D eigenvalue weighted by Crippen LogP contribution is 2.16. The van der Waals surface area contributed by atoms with Gasteiger partial charge in [0, 0.05) is 36.9 Å². The van der Waals surface area contributed by atoms with Gasteiger partial charge < -0.3 is 10.1 Å². The molecule has 0 aromatic carbocycles. The Labute approximate surface area is 110 Å². The number of nitrogens with one attached hydrogen (secondary N) is 1. The van der Waals surface area contributed by atoms with Crippen molar-refractivity contribution in [1.82, 2.24) is 15.0 Å². The van der Waals surface area contributed by atoms with Crippen molar-refractivity contribution in [3.63, 3.8) is 0 Å². The van der Waals surface area contributed by atoms with Crippen LogP contribution in [0.2, 0.25) is 0 Å². The zero-order valence-electron chi connectivity index (χ0n) is 10.5. The Morgan fingerprint density at radius 3 is 2.53 bits per heavy atom. The van der Waals surface area contributed by atoms with Crippen molar-refractivity contribution in [2.24, 2.45) is 0 Å². The van der Waals surface area contributed by atoms with Crippen molar-refractivity contribution in [2.45, 2.75) is 6.42 Å². The van der Waals surface area contributed by atoms with Crippen LogP contribution in [-0.4, -0.2) is 34.6 Å². The highest BCUT2D eigenvalue weighted by Gasteiger charge is 2.02. The van der Waals surface area contributed by atoms with Crippen molar-refractivity contribution in [1.29, 1.82) is 0 Å². The second kappa shape index (κ2) is 6.44. The Morgan fingerprint density at radius 1 is 1.21 bits per heavy atom. The molecule has 0 fully saturated rings. The number of aromatic nitrogens is 3. The molecule has 2 rings (SSSR count). The van der Waals surface area contributed by atoms with Crippen molar-refractivity contribution in [2.75, 3.05) is 19.0 Å². The molecule has 0 spiro atoms. The van der Waals surface area contributed by atoms with E-state index < -0.39 is 0 Å². The van der Waals surface area contributed by atoms with Crippen LogP contribution in [0.25, 0.3) is 11.1 Å². The lowest BCUT2D eigenvalue weighted by Crippen LogP contribution is -2.11. The Hall–Kier alpha value is -2.50. The van der Waals surface area contributed by atoms with E-state index in [1.165, 1.54) is 7.11 Å². The molecule has 0 radical (unpaired) electrons. The van der Waals surface area contributed by atoms with Crippen molar-refractivity contribution in [3.05, 3.63) is 36.9 Å². The normalized spacial score (nSPS) is 9.95. The van der Waals surface area contributed by atoms with Crippen LogP contribution in [0.1, 0.15) is 6.42 Å². The van der Waals surface area contributed by atoms with Gasteiger partial charge in [0.15, 0.2) is 0 Å². The first kappa shape index (κ1) is 12.9. The molecule has 0 unspecified atom stereocenters. The Bertz CT molecular complexity index is 528. The fraction of sp³-hybridized carbons (Fsp3) is 0.231. The molecule has 0 aliphatic heterocycles. The summed E-state index contributed by atoms with van der Waals surface area (Å²) in [5.41, 5.74) is 1.93. The van der Waals surface area contributed by atoms with Gasteiger partial charge in [-0.05, 0) is 17.7 Å². The lowest BCUT2D eigenvalue weighted by molar-refractivity contribution is -0.140. The maximum Gasteiger partial charge on any atom is 0.307 e. The standard InChI is InChI=1S/C13H14N4O2/c1-19-12(18)4-7-15-13-16-8-11(9-17-13)10-2-5-14-6-3-10/h2-3,5-6,8-9H,4,7H2,1H3,(H,15,16,17). The molecule has 0 atom stereocenters. The third-order valence-electron chi connectivity index (χ3n) is 2.51. The summed E-state index contributed by atoms with van der Waals surface area (Å²) >= 11 is 0. The largest absolute Gasteiger partial charge is 0.469 e. The summed E-state index contributed by atoms with van der Waals surface area (Å²) in [4.78, 5) is 23.3. The van der Waals surface area contributed by atoms with E-state index in [1.54, 1.807) is 24.8 Å². The fourth-order valence-electron chi connectivity index (χ4n) is 1.49. The molecule has 0 amide bonds. The number of methoxy groups -OCH3 is 1. The van der Waals surface area contributed by atoms with Gasteiger partial charge in [-0.3, -0.25) is 9.78 Å². The maximum atomic E-state index is 10.9. The van der Waals surface area contributed by atoms with E-state index in [2.05, 4.69) is 25.0 Å². The molecule has 1 N–H and O–H groups in total. The SMILES string of the molecule is COC(=O)CCNc1ncc(-c2ccncc2)cn1. The van der Waals surface area contributed by atoms with E-state index in [0.717, 1.165) is 11.1 Å². The number of pyridine rings is 1. The molecule has 98 valence electrons. The summed E-state index contributed by atoms with van der Waals surface area (Å²) in [6, 6.07) is 3.78. The molecule has 2 heterocycles. The number of anilines is 1. The predicted octanol–water partition coefficient (Wildman–Crippen LogP) is 1.51. The van der Waals surface area contributed by atoms with Gasteiger partial charge in [0.1, 0.15) is 0 Å². The van der Waals surface area contributed by atoms with Crippen LogP contribution in [0.15, 0.2) is 36.9 Å². The van der Waals surface area contributed by atoms with Crippen molar-refractivity contribution < 1.29 is 9.53 Å². The van der Waals surface area contributed by atoms with Crippen LogP contribution >= 0.6 is 0 Å². The van der Waals surface area contributed by atoms with E-state index >= 15 is 0 Å². The molecule has 0 saturated heterocycles. The summed E-state index contributed by atoms with van der Waals surface area (Å²) in [6.45, 7) is 0.446. The monoisotopic (exact) mass is 258 g/mol. The second-order valence-electron chi connectivity index (χ2n) is 3.78. The maximum absolute atomic E-state index is 10.9. The molecule has 0 saturated carbocycles. The van der Waals surface area contributed by atoms with Crippen LogP contribution in [0.4, 0.5) is 5.95 Å². The zero-order chi connectivity index (χ0) is 13.5. The highest BCUT2D eigenvalue weighted by atomic mass is 16.5. The van der Waals surface area contributed by atoms with Crippen LogP contribution in [0.3, 0.4) is 0 Å². The second-order valence-corrected chi connectivity index (χ2v) is 3.78. The molecule has 6 nitrogen and oxygen atoms in total. The number of ether oxygens (including phenoxy) is 1. The smallest absolute Gasteiger partial charge is 0.307 e. The third-order valence-corrected chi connectivity index (χ3v) is 2.51. The molecular weight excluding hydrogens is 244 g/mol. The fourth-order valence-corrected chi connectivity index (χ4v) is 1.49. The van der Waals surface area contributed by atoms with E-state index in [-0.39, 0.29) is 12.4 Å². The molecule has 19 heavy (non-hydrogen) atoms. The quantitative estimate of drug-likeness (QED) is 0.819. The zero-order valence-corrected chi connectivity index (χ0v) is 10.5. The molecule has 2 aromatic heterocycles. The average molecular weight is 258 g/mol. The van der Waals surface area contributed by atoms with Crippen molar-refractivity contribution >= 4 is 11.9 Å². The van der Waals surface area contributed by atoms with Gasteiger partial charge >= 0.3 is 5.97 Å². The van der Waals surface area contributed by atoms with Gasteiger partial charge in [0.2, 0.25) is 5.95 Å².